The molecule has 1 aromatic heterocycles. The second-order valence-electron chi connectivity index (χ2n) is 9.93. The smallest absolute Gasteiger partial charge is 0.329 e. The number of benzene rings is 2. The number of aliphatic carboxylic acids is 1. The summed E-state index contributed by atoms with van der Waals surface area (Å²) >= 11 is 0. The van der Waals surface area contributed by atoms with Crippen LogP contribution < -0.4 is 4.74 Å². The molecule has 3 aromatic rings. The molecule has 1 heterocycles. The molecule has 1 N–H and O–H groups in total. The second kappa shape index (κ2) is 11.7. The highest BCUT2D eigenvalue weighted by Gasteiger charge is 2.28. The average molecular weight is 495 g/mol. The van der Waals surface area contributed by atoms with Gasteiger partial charge < -0.3 is 14.6 Å². The first-order chi connectivity index (χ1) is 17.4. The number of hydrogen-bond acceptors (Lipinski definition) is 4. The van der Waals surface area contributed by atoms with Crippen LogP contribution in [0.3, 0.4) is 0 Å². The van der Waals surface area contributed by atoms with Crippen molar-refractivity contribution in [2.75, 3.05) is 20.3 Å². The number of carbonyl (C=O) groups is 1. The summed E-state index contributed by atoms with van der Waals surface area (Å²) in [6.45, 7) is 5.18. The van der Waals surface area contributed by atoms with Crippen LogP contribution in [-0.4, -0.2) is 41.2 Å². The number of carboxylic acids is 1. The third kappa shape index (κ3) is 5.78. The molecule has 1 aliphatic carbocycles. The van der Waals surface area contributed by atoms with Gasteiger partial charge in [0.2, 0.25) is 0 Å². The minimum Gasteiger partial charge on any atom is -0.494 e. The van der Waals surface area contributed by atoms with E-state index >= 15 is 4.39 Å². The molecule has 7 heteroatoms. The first-order valence-electron chi connectivity index (χ1n) is 12.7. The number of carboxylic acid groups (broad SMARTS) is 1. The zero-order valence-corrected chi connectivity index (χ0v) is 21.2. The van der Waals surface area contributed by atoms with Crippen LogP contribution in [0.15, 0.2) is 48.5 Å². The van der Waals surface area contributed by atoms with Crippen LogP contribution in [0.25, 0.3) is 22.4 Å². The van der Waals surface area contributed by atoms with Crippen molar-refractivity contribution in [2.45, 2.75) is 52.0 Å². The van der Waals surface area contributed by atoms with Crippen LogP contribution in [-0.2, 0) is 16.1 Å². The molecule has 36 heavy (non-hydrogen) atoms. The number of halogens is 1. The second-order valence-corrected chi connectivity index (χ2v) is 9.93. The molecule has 0 aliphatic heterocycles. The Morgan fingerprint density at radius 2 is 1.78 bits per heavy atom. The fourth-order valence-corrected chi connectivity index (χ4v) is 5.17. The maximum Gasteiger partial charge on any atom is 0.329 e. The van der Waals surface area contributed by atoms with E-state index < -0.39 is 5.97 Å². The fourth-order valence-electron chi connectivity index (χ4n) is 5.17. The molecular formula is C29H35FN2O4. The molecule has 1 fully saturated rings. The van der Waals surface area contributed by atoms with Gasteiger partial charge in [-0.2, -0.15) is 5.10 Å². The van der Waals surface area contributed by atoms with Crippen molar-refractivity contribution < 1.29 is 23.8 Å². The van der Waals surface area contributed by atoms with Gasteiger partial charge in [-0.1, -0.05) is 56.3 Å². The van der Waals surface area contributed by atoms with E-state index in [0.29, 0.717) is 24.0 Å². The van der Waals surface area contributed by atoms with Gasteiger partial charge in [0.15, 0.2) is 11.6 Å². The number of ether oxygens (including phenoxy) is 2. The molecule has 0 bridgehead atoms. The summed E-state index contributed by atoms with van der Waals surface area (Å²) in [5.41, 5.74) is 4.13. The van der Waals surface area contributed by atoms with E-state index in [1.165, 1.54) is 7.11 Å². The summed E-state index contributed by atoms with van der Waals surface area (Å²) in [4.78, 5) is 10.7. The van der Waals surface area contributed by atoms with Crippen LogP contribution >= 0.6 is 0 Å². The van der Waals surface area contributed by atoms with Crippen molar-refractivity contribution in [1.29, 1.82) is 0 Å². The Morgan fingerprint density at radius 3 is 2.42 bits per heavy atom. The Labute approximate surface area is 212 Å². The van der Waals surface area contributed by atoms with E-state index in [9.17, 15) is 4.79 Å². The summed E-state index contributed by atoms with van der Waals surface area (Å²) in [6, 6.07) is 15.3. The van der Waals surface area contributed by atoms with Crippen molar-refractivity contribution in [2.24, 2.45) is 11.8 Å². The minimum absolute atomic E-state index is 0.108. The van der Waals surface area contributed by atoms with Crippen LogP contribution in [0.2, 0.25) is 0 Å². The Morgan fingerprint density at radius 1 is 1.08 bits per heavy atom. The number of aromatic nitrogens is 2. The van der Waals surface area contributed by atoms with E-state index in [2.05, 4.69) is 30.7 Å². The van der Waals surface area contributed by atoms with Crippen LogP contribution in [0.4, 0.5) is 4.39 Å². The fraction of sp³-hybridized carbons (Fsp3) is 0.448. The van der Waals surface area contributed by atoms with Gasteiger partial charge in [-0.05, 0) is 49.5 Å². The molecular weight excluding hydrogens is 459 g/mol. The lowest BCUT2D eigenvalue weighted by Gasteiger charge is -2.28. The molecule has 6 nitrogen and oxygen atoms in total. The normalized spacial score (nSPS) is 17.9. The molecule has 2 aromatic carbocycles. The van der Waals surface area contributed by atoms with Crippen LogP contribution in [0.1, 0.15) is 51.1 Å². The quantitative estimate of drug-likeness (QED) is 0.353. The number of hydrogen-bond donors (Lipinski definition) is 1. The highest BCUT2D eigenvalue weighted by atomic mass is 19.1. The van der Waals surface area contributed by atoms with Gasteiger partial charge in [-0.3, -0.25) is 4.68 Å². The SMILES string of the molecule is COc1cccc(-c2c(C(C)C)nn(C[C@H]3CC[C@@H](COCC(=O)O)CC3)c2-c2ccccc2)c1F. The Kier molecular flexibility index (Phi) is 8.41. The molecule has 0 unspecified atom stereocenters. The molecule has 0 atom stereocenters. The zero-order chi connectivity index (χ0) is 25.7. The van der Waals surface area contributed by atoms with Crippen LogP contribution in [0.5, 0.6) is 5.75 Å². The molecule has 0 saturated heterocycles. The van der Waals surface area contributed by atoms with Crippen molar-refractivity contribution in [3.8, 4) is 28.1 Å². The molecule has 0 amide bonds. The molecule has 0 radical (unpaired) electrons. The molecule has 1 saturated carbocycles. The summed E-state index contributed by atoms with van der Waals surface area (Å²) < 4.78 is 28.2. The third-order valence-electron chi connectivity index (χ3n) is 7.00. The van der Waals surface area contributed by atoms with Crippen LogP contribution in [0, 0.1) is 17.7 Å². The predicted octanol–water partition coefficient (Wildman–Crippen LogP) is 6.40. The first kappa shape index (κ1) is 25.9. The summed E-state index contributed by atoms with van der Waals surface area (Å²) in [7, 11) is 1.48. The predicted molar refractivity (Wildman–Crippen MR) is 138 cm³/mol. The lowest BCUT2D eigenvalue weighted by molar-refractivity contribution is -0.142. The lowest BCUT2D eigenvalue weighted by atomic mass is 9.82. The maximum absolute atomic E-state index is 15.5. The number of methoxy groups -OCH3 is 1. The average Bonchev–Trinajstić information content (AvgIpc) is 3.24. The van der Waals surface area contributed by atoms with E-state index in [0.717, 1.165) is 54.7 Å². The zero-order valence-electron chi connectivity index (χ0n) is 21.2. The van der Waals surface area contributed by atoms with Gasteiger partial charge in [0.25, 0.3) is 0 Å². The maximum atomic E-state index is 15.5. The van der Waals surface area contributed by atoms with Gasteiger partial charge >= 0.3 is 5.97 Å². The molecule has 4 rings (SSSR count). The molecule has 0 spiro atoms. The summed E-state index contributed by atoms with van der Waals surface area (Å²) in [5, 5.41) is 13.9. The van der Waals surface area contributed by atoms with Crippen molar-refractivity contribution >= 4 is 5.97 Å². The van der Waals surface area contributed by atoms with Crippen molar-refractivity contribution in [3.05, 3.63) is 60.0 Å². The van der Waals surface area contributed by atoms with Crippen molar-refractivity contribution in [3.63, 3.8) is 0 Å². The Balaban J connectivity index is 1.67. The van der Waals surface area contributed by atoms with E-state index in [4.69, 9.17) is 19.7 Å². The summed E-state index contributed by atoms with van der Waals surface area (Å²) in [6.07, 6.45) is 4.05. The number of nitrogens with zero attached hydrogens (tertiary/aromatic N) is 2. The van der Waals surface area contributed by atoms with Crippen molar-refractivity contribution in [1.82, 2.24) is 9.78 Å². The third-order valence-corrected chi connectivity index (χ3v) is 7.00. The highest BCUT2D eigenvalue weighted by molar-refractivity contribution is 5.84. The van der Waals surface area contributed by atoms with Gasteiger partial charge in [0.05, 0.1) is 25.1 Å². The minimum atomic E-state index is -0.931. The lowest BCUT2D eigenvalue weighted by Crippen LogP contribution is -2.23. The topological polar surface area (TPSA) is 73.6 Å². The molecule has 192 valence electrons. The monoisotopic (exact) mass is 494 g/mol. The number of rotatable bonds is 10. The standard InChI is InChI=1S/C29H35FN2O4/c1-19(2)28-26(23-10-7-11-24(35-3)27(23)30)29(22-8-5-4-6-9-22)32(31-28)16-20-12-14-21(15-13-20)17-36-18-25(33)34/h4-11,19-21H,12-18H2,1-3H3,(H,33,34)/t20-,21+. The van der Waals surface area contributed by atoms with E-state index in [-0.39, 0.29) is 24.1 Å². The van der Waals surface area contributed by atoms with Gasteiger partial charge in [-0.15, -0.1) is 0 Å². The molecule has 1 aliphatic rings. The Hall–Kier alpha value is -3.19. The highest BCUT2D eigenvalue weighted by Crippen LogP contribution is 2.42. The summed E-state index contributed by atoms with van der Waals surface area (Å²) in [5.74, 6) is -0.153. The van der Waals surface area contributed by atoms with E-state index in [1.54, 1.807) is 12.1 Å². The largest absolute Gasteiger partial charge is 0.494 e. The Bertz CT molecular complexity index is 1170. The van der Waals surface area contributed by atoms with Gasteiger partial charge in [0.1, 0.15) is 6.61 Å². The van der Waals surface area contributed by atoms with E-state index in [1.807, 2.05) is 24.3 Å². The van der Waals surface area contributed by atoms with Gasteiger partial charge in [-0.25, -0.2) is 9.18 Å². The first-order valence-corrected chi connectivity index (χ1v) is 12.7. The van der Waals surface area contributed by atoms with Gasteiger partial charge in [0, 0.05) is 23.2 Å².